The van der Waals surface area contributed by atoms with Crippen LogP contribution in [0.15, 0.2) is 23.1 Å². The largest absolute Gasteiger partial charge is 0.495 e. The summed E-state index contributed by atoms with van der Waals surface area (Å²) in [4.78, 5) is 27.0. The predicted octanol–water partition coefficient (Wildman–Crippen LogP) is 2.79. The molecule has 1 aliphatic carbocycles. The molecule has 0 spiro atoms. The molecule has 0 radical (unpaired) electrons. The normalized spacial score (nSPS) is 26.1. The molecule has 0 bridgehead atoms. The minimum Gasteiger partial charge on any atom is -0.495 e. The molecule has 164 valence electrons. The Balaban J connectivity index is 1.60. The fourth-order valence-corrected chi connectivity index (χ4v) is 6.63. The van der Waals surface area contributed by atoms with Crippen LogP contribution in [-0.4, -0.2) is 49.6 Å². The number of hydrogen-bond donors (Lipinski definition) is 0. The fourth-order valence-electron chi connectivity index (χ4n) is 4.95. The van der Waals surface area contributed by atoms with Crippen molar-refractivity contribution in [2.75, 3.05) is 20.2 Å². The smallest absolute Gasteiger partial charge is 0.246 e. The fraction of sp³-hybridized carbons (Fsp3) is 0.636. The van der Waals surface area contributed by atoms with Crippen LogP contribution < -0.4 is 4.74 Å². The van der Waals surface area contributed by atoms with Gasteiger partial charge >= 0.3 is 0 Å². The number of carbonyl (C=O) groups is 2. The number of piperidine rings is 1. The summed E-state index contributed by atoms with van der Waals surface area (Å²) in [6.07, 6.45) is 5.16. The number of sulfonamides is 1. The van der Waals surface area contributed by atoms with E-state index in [2.05, 4.69) is 6.92 Å². The van der Waals surface area contributed by atoms with Gasteiger partial charge in [-0.3, -0.25) is 14.5 Å². The van der Waals surface area contributed by atoms with Crippen molar-refractivity contribution in [3.05, 3.63) is 23.8 Å². The highest BCUT2D eigenvalue weighted by Gasteiger charge is 2.48. The van der Waals surface area contributed by atoms with E-state index in [1.165, 1.54) is 16.3 Å². The van der Waals surface area contributed by atoms with E-state index < -0.39 is 10.0 Å². The van der Waals surface area contributed by atoms with Gasteiger partial charge in [0.25, 0.3) is 0 Å². The predicted molar refractivity (Wildman–Crippen MR) is 111 cm³/mol. The van der Waals surface area contributed by atoms with Crippen molar-refractivity contribution in [3.8, 4) is 5.75 Å². The maximum Gasteiger partial charge on any atom is 0.246 e. The van der Waals surface area contributed by atoms with Gasteiger partial charge in [-0.25, -0.2) is 8.42 Å². The number of rotatable bonds is 5. The molecule has 0 N–H and O–H groups in total. The number of fused-ring (bicyclic) bond motifs is 1. The van der Waals surface area contributed by atoms with Crippen LogP contribution in [-0.2, 0) is 26.2 Å². The van der Waals surface area contributed by atoms with E-state index in [0.29, 0.717) is 24.6 Å². The van der Waals surface area contributed by atoms with Gasteiger partial charge in [0, 0.05) is 13.1 Å². The Morgan fingerprint density at radius 2 is 1.60 bits per heavy atom. The number of imide groups is 1. The minimum atomic E-state index is -3.71. The molecular weight excluding hydrogens is 404 g/mol. The highest BCUT2D eigenvalue weighted by atomic mass is 32.2. The first kappa shape index (κ1) is 21.3. The molecule has 2 atom stereocenters. The van der Waals surface area contributed by atoms with E-state index in [1.807, 2.05) is 0 Å². The van der Waals surface area contributed by atoms with Crippen LogP contribution in [0.1, 0.15) is 51.0 Å². The van der Waals surface area contributed by atoms with Crippen molar-refractivity contribution < 1.29 is 22.7 Å². The van der Waals surface area contributed by atoms with E-state index in [9.17, 15) is 18.0 Å². The van der Waals surface area contributed by atoms with Crippen LogP contribution in [0, 0.1) is 17.8 Å². The molecule has 2 aliphatic heterocycles. The number of carbonyl (C=O) groups excluding carboxylic acids is 2. The molecule has 0 aromatic heterocycles. The molecule has 1 aromatic rings. The highest BCUT2D eigenvalue weighted by molar-refractivity contribution is 7.89. The number of amides is 2. The Morgan fingerprint density at radius 1 is 1.00 bits per heavy atom. The van der Waals surface area contributed by atoms with Crippen molar-refractivity contribution in [2.24, 2.45) is 17.8 Å². The highest BCUT2D eigenvalue weighted by Crippen LogP contribution is 2.39. The third kappa shape index (κ3) is 3.75. The van der Waals surface area contributed by atoms with Gasteiger partial charge in [-0.05, 0) is 49.3 Å². The monoisotopic (exact) mass is 434 g/mol. The first-order chi connectivity index (χ1) is 14.3. The Kier molecular flexibility index (Phi) is 5.90. The van der Waals surface area contributed by atoms with Gasteiger partial charge < -0.3 is 4.74 Å². The lowest BCUT2D eigenvalue weighted by Crippen LogP contribution is -2.38. The van der Waals surface area contributed by atoms with Gasteiger partial charge in [-0.1, -0.05) is 25.8 Å². The van der Waals surface area contributed by atoms with E-state index in [1.54, 1.807) is 18.2 Å². The van der Waals surface area contributed by atoms with Crippen molar-refractivity contribution in [3.63, 3.8) is 0 Å². The molecule has 7 nitrogen and oxygen atoms in total. The van der Waals surface area contributed by atoms with Gasteiger partial charge in [-0.15, -0.1) is 0 Å². The average Bonchev–Trinajstić information content (AvgIpc) is 2.99. The average molecular weight is 435 g/mol. The van der Waals surface area contributed by atoms with Gasteiger partial charge in [0.1, 0.15) is 10.6 Å². The molecule has 2 heterocycles. The van der Waals surface area contributed by atoms with E-state index in [4.69, 9.17) is 4.74 Å². The van der Waals surface area contributed by atoms with Crippen molar-refractivity contribution >= 4 is 21.8 Å². The third-order valence-corrected chi connectivity index (χ3v) is 8.78. The molecule has 30 heavy (non-hydrogen) atoms. The van der Waals surface area contributed by atoms with E-state index >= 15 is 0 Å². The summed E-state index contributed by atoms with van der Waals surface area (Å²) in [5, 5.41) is 0. The summed E-state index contributed by atoms with van der Waals surface area (Å²) < 4.78 is 33.4. The molecule has 2 unspecified atom stereocenters. The second-order valence-corrected chi connectivity index (χ2v) is 10.7. The molecule has 1 aromatic carbocycles. The second-order valence-electron chi connectivity index (χ2n) is 8.83. The SMILES string of the molecule is COc1ccc(CN2C(=O)C3CCCCC3C2=O)cc1S(=O)(=O)N1CCC(C)CC1. The van der Waals surface area contributed by atoms with E-state index in [-0.39, 0.29) is 40.8 Å². The van der Waals surface area contributed by atoms with Gasteiger partial charge in [0.05, 0.1) is 25.5 Å². The molecule has 2 saturated heterocycles. The Labute approximate surface area is 178 Å². The summed E-state index contributed by atoms with van der Waals surface area (Å²) in [7, 11) is -2.26. The minimum absolute atomic E-state index is 0.105. The zero-order chi connectivity index (χ0) is 21.5. The van der Waals surface area contributed by atoms with Crippen molar-refractivity contribution in [1.29, 1.82) is 0 Å². The van der Waals surface area contributed by atoms with Crippen LogP contribution in [0.4, 0.5) is 0 Å². The standard InChI is InChI=1S/C22H30N2O5S/c1-15-9-11-23(12-10-15)30(27,28)20-13-16(7-8-19(20)29-2)14-24-21(25)17-5-3-4-6-18(17)22(24)26/h7-8,13,15,17-18H,3-6,9-12,14H2,1-2H3. The summed E-state index contributed by atoms with van der Waals surface area (Å²) >= 11 is 0. The van der Waals surface area contributed by atoms with Crippen LogP contribution in [0.5, 0.6) is 5.75 Å². The Bertz CT molecular complexity index is 913. The lowest BCUT2D eigenvalue weighted by molar-refractivity contribution is -0.140. The number of likely N-dealkylation sites (tertiary alicyclic amines) is 1. The molecule has 4 rings (SSSR count). The molecule has 2 amide bonds. The van der Waals surface area contributed by atoms with Gasteiger partial charge in [0.15, 0.2) is 0 Å². The first-order valence-electron chi connectivity index (χ1n) is 10.8. The van der Waals surface area contributed by atoms with Gasteiger partial charge in [0.2, 0.25) is 21.8 Å². The molecular formula is C22H30N2O5S. The topological polar surface area (TPSA) is 84.0 Å². The number of methoxy groups -OCH3 is 1. The number of ether oxygens (including phenoxy) is 1. The summed E-state index contributed by atoms with van der Waals surface area (Å²) in [6, 6.07) is 4.92. The quantitative estimate of drug-likeness (QED) is 0.666. The zero-order valence-electron chi connectivity index (χ0n) is 17.7. The molecule has 8 heteroatoms. The number of benzene rings is 1. The zero-order valence-corrected chi connectivity index (χ0v) is 18.5. The lowest BCUT2D eigenvalue weighted by Gasteiger charge is -2.30. The Morgan fingerprint density at radius 3 is 2.17 bits per heavy atom. The summed E-state index contributed by atoms with van der Waals surface area (Å²) in [6.45, 7) is 3.22. The molecule has 3 aliphatic rings. The first-order valence-corrected chi connectivity index (χ1v) is 12.3. The summed E-state index contributed by atoms with van der Waals surface area (Å²) in [5.41, 5.74) is 0.625. The number of nitrogens with zero attached hydrogens (tertiary/aromatic N) is 2. The van der Waals surface area contributed by atoms with Crippen LogP contribution in [0.3, 0.4) is 0 Å². The van der Waals surface area contributed by atoms with Crippen LogP contribution in [0.25, 0.3) is 0 Å². The van der Waals surface area contributed by atoms with Crippen molar-refractivity contribution in [2.45, 2.75) is 56.9 Å². The lowest BCUT2D eigenvalue weighted by atomic mass is 9.81. The van der Waals surface area contributed by atoms with Crippen LogP contribution in [0.2, 0.25) is 0 Å². The molecule has 1 saturated carbocycles. The maximum absolute atomic E-state index is 13.3. The van der Waals surface area contributed by atoms with Gasteiger partial charge in [-0.2, -0.15) is 4.31 Å². The molecule has 3 fully saturated rings. The van der Waals surface area contributed by atoms with Crippen molar-refractivity contribution in [1.82, 2.24) is 9.21 Å². The number of hydrogen-bond acceptors (Lipinski definition) is 5. The maximum atomic E-state index is 13.3. The second kappa shape index (κ2) is 8.30. The summed E-state index contributed by atoms with van der Waals surface area (Å²) in [5.74, 6) is 0.154. The Hall–Kier alpha value is -1.93. The third-order valence-electron chi connectivity index (χ3n) is 6.86. The van der Waals surface area contributed by atoms with E-state index in [0.717, 1.165) is 38.5 Å². The van der Waals surface area contributed by atoms with Crippen LogP contribution >= 0.6 is 0 Å².